The van der Waals surface area contributed by atoms with E-state index < -0.39 is 6.04 Å². The zero-order valence-corrected chi connectivity index (χ0v) is 12.1. The summed E-state index contributed by atoms with van der Waals surface area (Å²) in [5, 5.41) is 3.43. The number of hydrogen-bond donors (Lipinski definition) is 1. The molecule has 1 aromatic rings. The minimum absolute atomic E-state index is 0.148. The molecule has 1 N–H and O–H groups in total. The van der Waals surface area contributed by atoms with Gasteiger partial charge in [-0.3, -0.25) is 14.5 Å². The van der Waals surface area contributed by atoms with Crippen LogP contribution in [0.4, 0.5) is 5.82 Å². The number of rotatable bonds is 3. The second-order valence-corrected chi connectivity index (χ2v) is 5.67. The fraction of sp³-hybridized carbons (Fsp3) is 0.538. The molecule has 106 valence electrons. The summed E-state index contributed by atoms with van der Waals surface area (Å²) in [6.45, 7) is 1.80. The standard InChI is InChI=1S/C13H15ClN4O2/c1-6-10(14)16-12(7-3-4-7)17-11(6)15-8-5-9(19)18(2)13(8)20/h7-8H,3-5H2,1-2H3,(H,15,16,17). The molecular formula is C13H15ClN4O2. The number of hydrogen-bond acceptors (Lipinski definition) is 5. The van der Waals surface area contributed by atoms with Crippen LogP contribution in [0.15, 0.2) is 0 Å². The minimum atomic E-state index is -0.566. The number of nitrogens with zero attached hydrogens (tertiary/aromatic N) is 3. The van der Waals surface area contributed by atoms with Crippen LogP contribution < -0.4 is 5.32 Å². The molecule has 2 amide bonds. The average molecular weight is 295 g/mol. The van der Waals surface area contributed by atoms with Gasteiger partial charge >= 0.3 is 0 Å². The molecule has 1 saturated heterocycles. The van der Waals surface area contributed by atoms with Crippen LogP contribution in [0.1, 0.15) is 36.6 Å². The first kappa shape index (κ1) is 13.3. The van der Waals surface area contributed by atoms with Crippen molar-refractivity contribution in [2.45, 2.75) is 38.1 Å². The van der Waals surface area contributed by atoms with E-state index in [0.29, 0.717) is 28.3 Å². The molecule has 0 radical (unpaired) electrons. The van der Waals surface area contributed by atoms with E-state index in [9.17, 15) is 9.59 Å². The van der Waals surface area contributed by atoms with Crippen molar-refractivity contribution in [2.24, 2.45) is 0 Å². The van der Waals surface area contributed by atoms with Crippen LogP contribution in [0.5, 0.6) is 0 Å². The van der Waals surface area contributed by atoms with Crippen molar-refractivity contribution in [3.8, 4) is 0 Å². The van der Waals surface area contributed by atoms with Gasteiger partial charge in [0.15, 0.2) is 0 Å². The Labute approximate surface area is 121 Å². The first-order valence-electron chi connectivity index (χ1n) is 6.58. The Balaban J connectivity index is 1.87. The molecule has 1 saturated carbocycles. The van der Waals surface area contributed by atoms with E-state index in [1.807, 2.05) is 0 Å². The first-order chi connectivity index (χ1) is 9.47. The van der Waals surface area contributed by atoms with Crippen LogP contribution in [0.25, 0.3) is 0 Å². The fourth-order valence-corrected chi connectivity index (χ4v) is 2.38. The van der Waals surface area contributed by atoms with Crippen LogP contribution in [0, 0.1) is 6.92 Å². The van der Waals surface area contributed by atoms with Gasteiger partial charge in [-0.2, -0.15) is 0 Å². The predicted octanol–water partition coefficient (Wildman–Crippen LogP) is 1.49. The van der Waals surface area contributed by atoms with Crippen molar-refractivity contribution in [1.82, 2.24) is 14.9 Å². The van der Waals surface area contributed by atoms with Gasteiger partial charge in [0.05, 0.1) is 6.42 Å². The van der Waals surface area contributed by atoms with E-state index in [1.54, 1.807) is 6.92 Å². The number of likely N-dealkylation sites (tertiary alicyclic amines) is 1. The molecule has 3 rings (SSSR count). The van der Waals surface area contributed by atoms with Gasteiger partial charge in [0.25, 0.3) is 5.91 Å². The second-order valence-electron chi connectivity index (χ2n) is 5.31. The monoisotopic (exact) mass is 294 g/mol. The highest BCUT2D eigenvalue weighted by molar-refractivity contribution is 6.30. The molecule has 0 aromatic carbocycles. The molecule has 1 atom stereocenters. The topological polar surface area (TPSA) is 75.2 Å². The number of halogens is 1. The SMILES string of the molecule is Cc1c(Cl)nc(C2CC2)nc1NC1CC(=O)N(C)C1=O. The maximum absolute atomic E-state index is 11.9. The molecule has 6 nitrogen and oxygen atoms in total. The Hall–Kier alpha value is -1.69. The number of likely N-dealkylation sites (N-methyl/N-ethyl adjacent to an activating group) is 1. The van der Waals surface area contributed by atoms with Gasteiger partial charge in [-0.15, -0.1) is 0 Å². The van der Waals surface area contributed by atoms with Gasteiger partial charge in [0, 0.05) is 18.5 Å². The lowest BCUT2D eigenvalue weighted by molar-refractivity contribution is -0.136. The summed E-state index contributed by atoms with van der Waals surface area (Å²) in [6.07, 6.45) is 2.29. The summed E-state index contributed by atoms with van der Waals surface area (Å²) >= 11 is 6.12. The van der Waals surface area contributed by atoms with Crippen LogP contribution in [0.2, 0.25) is 5.15 Å². The van der Waals surface area contributed by atoms with Gasteiger partial charge in [-0.05, 0) is 19.8 Å². The molecule has 0 spiro atoms. The van der Waals surface area contributed by atoms with E-state index in [4.69, 9.17) is 11.6 Å². The number of carbonyl (C=O) groups excluding carboxylic acids is 2. The number of amides is 2. The van der Waals surface area contributed by atoms with Crippen molar-refractivity contribution in [2.75, 3.05) is 12.4 Å². The van der Waals surface area contributed by atoms with Crippen LogP contribution >= 0.6 is 11.6 Å². The lowest BCUT2D eigenvalue weighted by atomic mass is 10.2. The Morgan fingerprint density at radius 3 is 2.55 bits per heavy atom. The quantitative estimate of drug-likeness (QED) is 0.675. The molecule has 2 aliphatic rings. The lowest BCUT2D eigenvalue weighted by Gasteiger charge is -2.15. The number of aromatic nitrogens is 2. The normalized spacial score (nSPS) is 22.6. The molecule has 20 heavy (non-hydrogen) atoms. The summed E-state index contributed by atoms with van der Waals surface area (Å²) in [7, 11) is 1.49. The third-order valence-corrected chi connectivity index (χ3v) is 4.11. The molecule has 7 heteroatoms. The highest BCUT2D eigenvalue weighted by atomic mass is 35.5. The predicted molar refractivity (Wildman–Crippen MR) is 73.6 cm³/mol. The highest BCUT2D eigenvalue weighted by Gasteiger charge is 2.37. The number of anilines is 1. The minimum Gasteiger partial charge on any atom is -0.358 e. The second kappa shape index (κ2) is 4.70. The number of carbonyl (C=O) groups is 2. The maximum atomic E-state index is 11.9. The third kappa shape index (κ3) is 2.24. The Morgan fingerprint density at radius 2 is 2.00 bits per heavy atom. The molecule has 2 heterocycles. The van der Waals surface area contributed by atoms with Crippen molar-refractivity contribution in [3.05, 3.63) is 16.5 Å². The summed E-state index contributed by atoms with van der Waals surface area (Å²) in [6, 6.07) is -0.566. The molecule has 2 fully saturated rings. The van der Waals surface area contributed by atoms with Gasteiger partial charge in [0.1, 0.15) is 22.8 Å². The molecular weight excluding hydrogens is 280 g/mol. The van der Waals surface area contributed by atoms with Gasteiger partial charge in [-0.1, -0.05) is 11.6 Å². The molecule has 1 aliphatic carbocycles. The van der Waals surface area contributed by atoms with E-state index in [1.165, 1.54) is 7.05 Å². The van der Waals surface area contributed by atoms with Crippen molar-refractivity contribution >= 4 is 29.2 Å². The molecule has 1 aliphatic heterocycles. The van der Waals surface area contributed by atoms with Gasteiger partial charge in [-0.25, -0.2) is 9.97 Å². The summed E-state index contributed by atoms with van der Waals surface area (Å²) < 4.78 is 0. The van der Waals surface area contributed by atoms with E-state index in [0.717, 1.165) is 17.7 Å². The highest BCUT2D eigenvalue weighted by Crippen LogP contribution is 2.39. The molecule has 1 unspecified atom stereocenters. The maximum Gasteiger partial charge on any atom is 0.251 e. The Bertz CT molecular complexity index is 600. The Morgan fingerprint density at radius 1 is 1.30 bits per heavy atom. The smallest absolute Gasteiger partial charge is 0.251 e. The average Bonchev–Trinajstić information content (AvgIpc) is 3.21. The van der Waals surface area contributed by atoms with Gasteiger partial charge in [0.2, 0.25) is 5.91 Å². The summed E-state index contributed by atoms with van der Waals surface area (Å²) in [5.41, 5.74) is 0.700. The van der Waals surface area contributed by atoms with Crippen molar-refractivity contribution in [3.63, 3.8) is 0 Å². The third-order valence-electron chi connectivity index (χ3n) is 3.74. The zero-order valence-electron chi connectivity index (χ0n) is 11.3. The fourth-order valence-electron chi connectivity index (χ4n) is 2.20. The summed E-state index contributed by atoms with van der Waals surface area (Å²) in [4.78, 5) is 33.3. The molecule has 0 bridgehead atoms. The van der Waals surface area contributed by atoms with Crippen LogP contribution in [-0.4, -0.2) is 39.8 Å². The van der Waals surface area contributed by atoms with E-state index in [-0.39, 0.29) is 18.2 Å². The molecule has 1 aromatic heterocycles. The largest absolute Gasteiger partial charge is 0.358 e. The number of nitrogens with one attached hydrogen (secondary N) is 1. The zero-order chi connectivity index (χ0) is 14.4. The summed E-state index contributed by atoms with van der Waals surface area (Å²) in [5.74, 6) is 1.21. The Kier molecular flexibility index (Phi) is 3.12. The van der Waals surface area contributed by atoms with Crippen molar-refractivity contribution in [1.29, 1.82) is 0 Å². The van der Waals surface area contributed by atoms with E-state index in [2.05, 4.69) is 15.3 Å². The van der Waals surface area contributed by atoms with Crippen LogP contribution in [0.3, 0.4) is 0 Å². The lowest BCUT2D eigenvalue weighted by Crippen LogP contribution is -2.32. The van der Waals surface area contributed by atoms with Crippen molar-refractivity contribution < 1.29 is 9.59 Å². The number of imide groups is 1. The van der Waals surface area contributed by atoms with Crippen LogP contribution in [-0.2, 0) is 9.59 Å². The first-order valence-corrected chi connectivity index (χ1v) is 6.96. The van der Waals surface area contributed by atoms with E-state index >= 15 is 0 Å². The van der Waals surface area contributed by atoms with Gasteiger partial charge < -0.3 is 5.32 Å².